The molecule has 0 atom stereocenters. The van der Waals surface area contributed by atoms with Crippen LogP contribution in [0.4, 0.5) is 22.7 Å². The van der Waals surface area contributed by atoms with E-state index in [0.717, 1.165) is 186 Å². The molecule has 13 rings (SSSR count). The van der Waals surface area contributed by atoms with E-state index in [-0.39, 0.29) is 0 Å². The van der Waals surface area contributed by atoms with Gasteiger partial charge in [-0.1, -0.05) is 408 Å². The molecule has 778 valence electrons. The third kappa shape index (κ3) is 37.2. The Hall–Kier alpha value is -12.2. The number of rotatable bonds is 64. The Morgan fingerprint density at radius 3 is 0.446 bits per heavy atom. The Bertz CT molecular complexity index is 5400. The highest BCUT2D eigenvalue weighted by molar-refractivity contribution is 6.00. The number of hydrogen-bond acceptors (Lipinski definition) is 6. The normalized spacial score (nSPS) is 11.4. The number of aromatic amines is 2. The number of hydrogen-bond donors (Lipinski definition) is 2. The maximum absolute atomic E-state index is 5.82. The molecule has 11 aromatic rings. The summed E-state index contributed by atoms with van der Waals surface area (Å²) in [6.45, 7) is 27.2. The van der Waals surface area contributed by atoms with Crippen LogP contribution in [0.25, 0.3) is 90.9 Å². The van der Waals surface area contributed by atoms with E-state index in [1.165, 1.54) is 331 Å². The Labute approximate surface area is 896 Å². The first-order chi connectivity index (χ1) is 73.1. The summed E-state index contributed by atoms with van der Waals surface area (Å²) < 4.78 is 0. The molecule has 0 saturated heterocycles. The molecule has 8 aromatic carbocycles. The molecule has 0 fully saturated rings. The van der Waals surface area contributed by atoms with E-state index >= 15 is 0 Å². The van der Waals surface area contributed by atoms with Crippen LogP contribution in [0.3, 0.4) is 0 Å². The summed E-state index contributed by atoms with van der Waals surface area (Å²) in [6.07, 6.45) is 71.1. The number of nitrogens with zero attached hydrogens (tertiary/aromatic N) is 6. The highest BCUT2D eigenvalue weighted by Crippen LogP contribution is 2.41. The third-order valence-corrected chi connectivity index (χ3v) is 30.0. The Kier molecular flexibility index (Phi) is 50.1. The van der Waals surface area contributed by atoms with Crippen molar-refractivity contribution in [3.05, 3.63) is 286 Å². The smallest absolute Gasteiger partial charge is 0.0737 e. The lowest BCUT2D eigenvalue weighted by Crippen LogP contribution is -2.25. The van der Waals surface area contributed by atoms with Gasteiger partial charge in [0, 0.05) is 164 Å². The summed E-state index contributed by atoms with van der Waals surface area (Å²) in [7, 11) is 0. The monoisotopic (exact) mass is 1970 g/mol. The van der Waals surface area contributed by atoms with Gasteiger partial charge in [-0.05, 0) is 268 Å². The summed E-state index contributed by atoms with van der Waals surface area (Å²) in [5.41, 5.74) is 28.0. The molecule has 8 bridgehead atoms. The van der Waals surface area contributed by atoms with Crippen LogP contribution in [0.5, 0.6) is 0 Å². The van der Waals surface area contributed by atoms with Crippen LogP contribution in [0.2, 0.25) is 0 Å². The van der Waals surface area contributed by atoms with E-state index in [1.54, 1.807) is 0 Å². The molecule has 0 radical (unpaired) electrons. The van der Waals surface area contributed by atoms with Crippen LogP contribution in [0.1, 0.15) is 431 Å². The molecule has 8 nitrogen and oxygen atoms in total. The van der Waals surface area contributed by atoms with Crippen LogP contribution < -0.4 is 19.6 Å². The number of H-pyrrole nitrogens is 2. The van der Waals surface area contributed by atoms with Crippen molar-refractivity contribution in [1.82, 2.24) is 19.9 Å². The number of unbranched alkanes of at least 4 members (excludes halogenated alkanes) is 40. The molecule has 5 heterocycles. The van der Waals surface area contributed by atoms with Crippen LogP contribution in [-0.4, -0.2) is 72.3 Å². The van der Waals surface area contributed by atoms with Crippen LogP contribution in [-0.2, 0) is 0 Å². The highest BCUT2D eigenvalue weighted by atomic mass is 15.1. The van der Waals surface area contributed by atoms with Gasteiger partial charge in [-0.25, -0.2) is 9.97 Å². The predicted octanol–water partition coefficient (Wildman–Crippen LogP) is 39.0. The Morgan fingerprint density at radius 2 is 0.297 bits per heavy atom. The zero-order valence-electron chi connectivity index (χ0n) is 92.4. The molecule has 0 amide bonds. The summed E-state index contributed by atoms with van der Waals surface area (Å²) in [6, 6.07) is 80.3. The van der Waals surface area contributed by atoms with Crippen molar-refractivity contribution in [2.45, 2.75) is 364 Å². The van der Waals surface area contributed by atoms with E-state index in [4.69, 9.17) is 9.97 Å². The Balaban J connectivity index is 0.891. The van der Waals surface area contributed by atoms with Crippen molar-refractivity contribution < 1.29 is 0 Å². The summed E-state index contributed by atoms with van der Waals surface area (Å²) in [5, 5.41) is 0. The van der Waals surface area contributed by atoms with Gasteiger partial charge in [0.15, 0.2) is 0 Å². The fraction of sp³-hybridized carbons (Fsp3) is 0.457. The second-order valence-corrected chi connectivity index (χ2v) is 42.1. The molecule has 0 saturated carbocycles. The van der Waals surface area contributed by atoms with Gasteiger partial charge in [-0.3, -0.25) is 0 Å². The minimum Gasteiger partial charge on any atom is -0.372 e. The minimum atomic E-state index is 0.838. The van der Waals surface area contributed by atoms with E-state index in [2.05, 4.69) is 375 Å². The molecular formula is C140H178N8. The highest BCUT2D eigenvalue weighted by Gasteiger charge is 2.22. The quantitative estimate of drug-likeness (QED) is 0.0292. The lowest BCUT2D eigenvalue weighted by Gasteiger charge is -2.25. The first-order valence-corrected chi connectivity index (χ1v) is 59.2. The molecule has 0 aliphatic carbocycles. The number of fused-ring (bicyclic) bond motifs is 8. The van der Waals surface area contributed by atoms with Crippen molar-refractivity contribution in [1.29, 1.82) is 0 Å². The van der Waals surface area contributed by atoms with Crippen molar-refractivity contribution in [2.75, 3.05) is 72.0 Å². The molecule has 2 aliphatic rings. The largest absolute Gasteiger partial charge is 0.372 e. The predicted molar refractivity (Wildman–Crippen MR) is 646 cm³/mol. The molecule has 8 heteroatoms. The lowest BCUT2D eigenvalue weighted by atomic mass is 10.0. The topological polar surface area (TPSA) is 70.3 Å². The molecule has 2 aliphatic heterocycles. The van der Waals surface area contributed by atoms with E-state index in [9.17, 15) is 0 Å². The van der Waals surface area contributed by atoms with Gasteiger partial charge in [-0.2, -0.15) is 0 Å². The van der Waals surface area contributed by atoms with Gasteiger partial charge in [0.2, 0.25) is 0 Å². The zero-order valence-corrected chi connectivity index (χ0v) is 92.4. The van der Waals surface area contributed by atoms with Crippen molar-refractivity contribution in [2.24, 2.45) is 0 Å². The third-order valence-electron chi connectivity index (χ3n) is 30.0. The molecule has 0 spiro atoms. The maximum atomic E-state index is 5.82. The van der Waals surface area contributed by atoms with Crippen molar-refractivity contribution in [3.8, 4) is 91.9 Å². The van der Waals surface area contributed by atoms with Crippen molar-refractivity contribution in [3.63, 3.8) is 0 Å². The Morgan fingerprint density at radius 1 is 0.162 bits per heavy atom. The fourth-order valence-corrected chi connectivity index (χ4v) is 21.0. The van der Waals surface area contributed by atoms with Gasteiger partial charge in [0.25, 0.3) is 0 Å². The summed E-state index contributed by atoms with van der Waals surface area (Å²) >= 11 is 0. The van der Waals surface area contributed by atoms with Crippen LogP contribution >= 0.6 is 0 Å². The SMILES string of the molecule is CCCCCCCCN(CCCCCCCC)c1ccc(C#Cc2ccc(-c3c4nc(c(-c5ccc(C#Cc6ccc(N(CCCCCCCC)CCCCCCCC)cc6)cc5)c5ccc([nH]5)c(-c5ccc(C#Cc6ccc(N(CCCCCCCC)CCCCCCCC)cc6)cc5)c5nc(c(-c6ccc(C#Cc7ccc(N(CCCCCCCC)CCCCCCCC)cc7)cc6)c6ccc3[nH]6)C=C5)C=C4)cc2)cc1. The van der Waals surface area contributed by atoms with E-state index in [1.807, 2.05) is 0 Å². The van der Waals surface area contributed by atoms with Crippen molar-refractivity contribution >= 4 is 69.1 Å². The standard InChI is InChI=1S/C140H178N8/c1-9-17-25-33-41-49-105-145(106-50-42-34-26-18-10-2)125-89-73-117(74-90-125)61-57-113-65-81-121(82-66-113)137-129-97-99-131(141-129)138(122-83-67-114(68-84-122)58-62-118-75-91-126(92-76-118)146(107-51-43-35-27-19-11-3)108-52-44-36-28-20-12-4)133-101-103-135(143-133)140(124-87-71-116(72-88-124)60-64-120-79-95-128(96-80-120)148(111-55-47-39-31-23-15-7)112-56-48-40-32-24-16-8)136-104-102-134(144-136)139(132-100-98-130(137)142-132)123-85-69-115(70-86-123)59-63-119-77-93-127(94-78-119)147(109-53-45-37-29-21-13-5)110-54-46-38-30-22-14-6/h65-104,141,144H,9-56,105-112H2,1-8H3. The van der Waals surface area contributed by atoms with E-state index in [0.29, 0.717) is 0 Å². The lowest BCUT2D eigenvalue weighted by molar-refractivity contribution is 0.575. The minimum absolute atomic E-state index is 0.838. The number of anilines is 4. The average molecular weight is 1970 g/mol. The van der Waals surface area contributed by atoms with Gasteiger partial charge in [0.1, 0.15) is 0 Å². The number of benzene rings is 8. The van der Waals surface area contributed by atoms with Gasteiger partial charge >= 0.3 is 0 Å². The summed E-state index contributed by atoms with van der Waals surface area (Å²) in [5.74, 6) is 28.7. The van der Waals surface area contributed by atoms with Gasteiger partial charge in [0.05, 0.1) is 22.8 Å². The molecule has 2 N–H and O–H groups in total. The number of nitrogens with one attached hydrogen (secondary N) is 2. The van der Waals surface area contributed by atoms with Crippen LogP contribution in [0.15, 0.2) is 218 Å². The first kappa shape index (κ1) is 113. The zero-order chi connectivity index (χ0) is 103. The number of aromatic nitrogens is 4. The van der Waals surface area contributed by atoms with Gasteiger partial charge < -0.3 is 29.6 Å². The average Bonchev–Trinajstić information content (AvgIpc) is 1.61. The fourth-order valence-electron chi connectivity index (χ4n) is 21.0. The van der Waals surface area contributed by atoms with E-state index < -0.39 is 0 Å². The van der Waals surface area contributed by atoms with Crippen LogP contribution in [0, 0.1) is 47.4 Å². The molecular weight excluding hydrogens is 1790 g/mol. The van der Waals surface area contributed by atoms with Gasteiger partial charge in [-0.15, -0.1) is 0 Å². The maximum Gasteiger partial charge on any atom is 0.0737 e. The first-order valence-electron chi connectivity index (χ1n) is 59.2. The molecule has 0 unspecified atom stereocenters. The molecule has 148 heavy (non-hydrogen) atoms. The summed E-state index contributed by atoms with van der Waals surface area (Å²) in [4.78, 5) is 30.3. The molecule has 3 aromatic heterocycles. The second kappa shape index (κ2) is 65.6. The second-order valence-electron chi connectivity index (χ2n) is 42.1.